The molecule has 18 heavy (non-hydrogen) atoms. The van der Waals surface area contributed by atoms with Gasteiger partial charge >= 0.3 is 11.9 Å². The Kier molecular flexibility index (Phi) is 5.25. The van der Waals surface area contributed by atoms with Gasteiger partial charge in [0.2, 0.25) is 0 Å². The molecule has 100 valence electrons. The number of ether oxygens (including phenoxy) is 2. The quantitative estimate of drug-likeness (QED) is 0.601. The van der Waals surface area contributed by atoms with Gasteiger partial charge in [-0.15, -0.1) is 10.2 Å². The van der Waals surface area contributed by atoms with Crippen molar-refractivity contribution in [2.24, 2.45) is 7.05 Å². The Labute approximate surface area is 104 Å². The van der Waals surface area contributed by atoms with E-state index in [1.807, 2.05) is 0 Å². The molecule has 0 amide bonds. The number of nitrogens with zero attached hydrogens (tertiary/aromatic N) is 4. The standard InChI is InChI=1S/C10H16N4O4/c1-13-7-11-12-8(13)4-14(5-9(15)17-2)6-10(16)18-3/h7H,4-6H2,1-3H3. The molecular formula is C10H16N4O4. The molecule has 0 aliphatic heterocycles. The minimum atomic E-state index is -0.430. The van der Waals surface area contributed by atoms with Crippen LogP contribution in [0.1, 0.15) is 5.82 Å². The Morgan fingerprint density at radius 1 is 1.28 bits per heavy atom. The molecular weight excluding hydrogens is 240 g/mol. The van der Waals surface area contributed by atoms with Crippen LogP contribution in [0.25, 0.3) is 0 Å². The molecule has 0 aromatic carbocycles. The normalized spacial score (nSPS) is 10.4. The minimum absolute atomic E-state index is 0.0154. The summed E-state index contributed by atoms with van der Waals surface area (Å²) in [5, 5.41) is 7.62. The van der Waals surface area contributed by atoms with Crippen molar-refractivity contribution in [2.75, 3.05) is 27.3 Å². The monoisotopic (exact) mass is 256 g/mol. The highest BCUT2D eigenvalue weighted by atomic mass is 16.5. The second-order valence-corrected chi connectivity index (χ2v) is 3.66. The predicted molar refractivity (Wildman–Crippen MR) is 60.3 cm³/mol. The van der Waals surface area contributed by atoms with Gasteiger partial charge < -0.3 is 14.0 Å². The summed E-state index contributed by atoms with van der Waals surface area (Å²) in [5.74, 6) is -0.218. The van der Waals surface area contributed by atoms with Crippen LogP contribution < -0.4 is 0 Å². The fraction of sp³-hybridized carbons (Fsp3) is 0.600. The Morgan fingerprint density at radius 2 is 1.83 bits per heavy atom. The molecule has 0 aliphatic rings. The Bertz CT molecular complexity index is 400. The first-order valence-electron chi connectivity index (χ1n) is 5.25. The van der Waals surface area contributed by atoms with Crippen LogP contribution in [0, 0.1) is 0 Å². The van der Waals surface area contributed by atoms with Crippen LogP contribution in [-0.4, -0.2) is 58.9 Å². The van der Waals surface area contributed by atoms with Gasteiger partial charge in [0.15, 0.2) is 0 Å². The molecule has 0 atom stereocenters. The van der Waals surface area contributed by atoms with Gasteiger partial charge in [-0.25, -0.2) is 0 Å². The maximum atomic E-state index is 11.2. The van der Waals surface area contributed by atoms with E-state index in [0.29, 0.717) is 12.4 Å². The number of carbonyl (C=O) groups is 2. The highest BCUT2D eigenvalue weighted by Gasteiger charge is 2.17. The van der Waals surface area contributed by atoms with Gasteiger partial charge in [0.1, 0.15) is 12.2 Å². The van der Waals surface area contributed by atoms with Crippen molar-refractivity contribution in [1.29, 1.82) is 0 Å². The zero-order valence-electron chi connectivity index (χ0n) is 10.6. The predicted octanol–water partition coefficient (Wildman–Crippen LogP) is -1.04. The summed E-state index contributed by atoms with van der Waals surface area (Å²) in [7, 11) is 4.37. The summed E-state index contributed by atoms with van der Waals surface area (Å²) >= 11 is 0. The van der Waals surface area contributed by atoms with E-state index >= 15 is 0 Å². The lowest BCUT2D eigenvalue weighted by atomic mass is 10.4. The molecule has 0 bridgehead atoms. The van der Waals surface area contributed by atoms with Crippen molar-refractivity contribution in [3.05, 3.63) is 12.2 Å². The molecule has 8 nitrogen and oxygen atoms in total. The zero-order valence-corrected chi connectivity index (χ0v) is 10.6. The van der Waals surface area contributed by atoms with Crippen LogP contribution >= 0.6 is 0 Å². The summed E-state index contributed by atoms with van der Waals surface area (Å²) in [6.45, 7) is 0.275. The Balaban J connectivity index is 2.67. The first kappa shape index (κ1) is 14.1. The van der Waals surface area contributed by atoms with Crippen LogP contribution in [0.3, 0.4) is 0 Å². The number of hydrogen-bond donors (Lipinski definition) is 0. The molecule has 0 aliphatic carbocycles. The van der Waals surface area contributed by atoms with Crippen molar-refractivity contribution in [1.82, 2.24) is 19.7 Å². The van der Waals surface area contributed by atoms with E-state index in [2.05, 4.69) is 19.7 Å². The number of carbonyl (C=O) groups excluding carboxylic acids is 2. The van der Waals surface area contributed by atoms with E-state index in [1.54, 1.807) is 22.8 Å². The average molecular weight is 256 g/mol. The molecule has 0 saturated heterocycles. The molecule has 0 N–H and O–H groups in total. The number of aromatic nitrogens is 3. The number of esters is 2. The van der Waals surface area contributed by atoms with E-state index < -0.39 is 11.9 Å². The van der Waals surface area contributed by atoms with Crippen molar-refractivity contribution in [3.63, 3.8) is 0 Å². The third-order valence-electron chi connectivity index (χ3n) is 2.33. The summed E-state index contributed by atoms with van der Waals surface area (Å²) in [6, 6.07) is 0. The van der Waals surface area contributed by atoms with Crippen LogP contribution in [0.4, 0.5) is 0 Å². The van der Waals surface area contributed by atoms with Gasteiger partial charge in [-0.05, 0) is 0 Å². The van der Waals surface area contributed by atoms with Crippen molar-refractivity contribution in [3.8, 4) is 0 Å². The van der Waals surface area contributed by atoms with Gasteiger partial charge in [0.25, 0.3) is 0 Å². The molecule has 0 fully saturated rings. The third-order valence-corrected chi connectivity index (χ3v) is 2.33. The second-order valence-electron chi connectivity index (χ2n) is 3.66. The largest absolute Gasteiger partial charge is 0.468 e. The van der Waals surface area contributed by atoms with Crippen molar-refractivity contribution < 1.29 is 19.1 Å². The number of methoxy groups -OCH3 is 2. The summed E-state index contributed by atoms with van der Waals surface area (Å²) in [4.78, 5) is 24.1. The Morgan fingerprint density at radius 3 is 2.22 bits per heavy atom. The van der Waals surface area contributed by atoms with Crippen LogP contribution in [0.2, 0.25) is 0 Å². The van der Waals surface area contributed by atoms with Crippen molar-refractivity contribution >= 4 is 11.9 Å². The van der Waals surface area contributed by atoms with Gasteiger partial charge in [0.05, 0.1) is 33.9 Å². The fourth-order valence-corrected chi connectivity index (χ4v) is 1.31. The van der Waals surface area contributed by atoms with E-state index in [4.69, 9.17) is 0 Å². The van der Waals surface area contributed by atoms with E-state index in [9.17, 15) is 9.59 Å². The molecule has 0 spiro atoms. The first-order chi connectivity index (χ1) is 8.56. The fourth-order valence-electron chi connectivity index (χ4n) is 1.31. The number of aryl methyl sites for hydroxylation is 1. The van der Waals surface area contributed by atoms with Gasteiger partial charge in [-0.2, -0.15) is 0 Å². The molecule has 0 radical (unpaired) electrons. The van der Waals surface area contributed by atoms with E-state index in [-0.39, 0.29) is 13.1 Å². The number of rotatable bonds is 6. The summed E-state index contributed by atoms with van der Waals surface area (Å²) < 4.78 is 10.8. The maximum Gasteiger partial charge on any atom is 0.319 e. The van der Waals surface area contributed by atoms with Gasteiger partial charge in [-0.3, -0.25) is 14.5 Å². The zero-order chi connectivity index (χ0) is 13.5. The average Bonchev–Trinajstić information content (AvgIpc) is 2.74. The highest BCUT2D eigenvalue weighted by Crippen LogP contribution is 2.01. The molecule has 1 rings (SSSR count). The lowest BCUT2D eigenvalue weighted by Crippen LogP contribution is -2.35. The SMILES string of the molecule is COC(=O)CN(CC(=O)OC)Cc1nncn1C. The Hall–Kier alpha value is -1.96. The van der Waals surface area contributed by atoms with Crippen LogP contribution in [0.5, 0.6) is 0 Å². The molecule has 0 saturated carbocycles. The minimum Gasteiger partial charge on any atom is -0.468 e. The maximum absolute atomic E-state index is 11.2. The topological polar surface area (TPSA) is 86.6 Å². The molecule has 0 unspecified atom stereocenters. The van der Waals surface area contributed by atoms with Crippen LogP contribution in [0.15, 0.2) is 6.33 Å². The molecule has 1 aromatic rings. The lowest BCUT2D eigenvalue weighted by Gasteiger charge is -2.18. The molecule has 1 aromatic heterocycles. The van der Waals surface area contributed by atoms with Gasteiger partial charge in [-0.1, -0.05) is 0 Å². The van der Waals surface area contributed by atoms with Gasteiger partial charge in [0, 0.05) is 7.05 Å². The van der Waals surface area contributed by atoms with Crippen molar-refractivity contribution in [2.45, 2.75) is 6.54 Å². The first-order valence-corrected chi connectivity index (χ1v) is 5.25. The summed E-state index contributed by atoms with van der Waals surface area (Å²) in [5.41, 5.74) is 0. The molecule has 8 heteroatoms. The second kappa shape index (κ2) is 6.70. The van der Waals surface area contributed by atoms with E-state index in [0.717, 1.165) is 0 Å². The van der Waals surface area contributed by atoms with E-state index in [1.165, 1.54) is 14.2 Å². The van der Waals surface area contributed by atoms with Crippen LogP contribution in [-0.2, 0) is 32.7 Å². The number of hydrogen-bond acceptors (Lipinski definition) is 7. The third kappa shape index (κ3) is 4.13. The lowest BCUT2D eigenvalue weighted by molar-refractivity contribution is -0.145. The molecule has 1 heterocycles. The summed E-state index contributed by atoms with van der Waals surface area (Å²) in [6.07, 6.45) is 1.55. The smallest absolute Gasteiger partial charge is 0.319 e. The highest BCUT2D eigenvalue weighted by molar-refractivity contribution is 5.74.